The zero-order chi connectivity index (χ0) is 14.2. The van der Waals surface area contributed by atoms with Gasteiger partial charge in [0.1, 0.15) is 0 Å². The summed E-state index contributed by atoms with van der Waals surface area (Å²) in [5.74, 6) is -0.135. The fraction of sp³-hybridized carbons (Fsp3) is 0.385. The number of carbonyl (C=O) groups is 1. The molecule has 1 fully saturated rings. The van der Waals surface area contributed by atoms with Crippen molar-refractivity contribution in [1.82, 2.24) is 20.2 Å². The molecule has 1 aliphatic carbocycles. The summed E-state index contributed by atoms with van der Waals surface area (Å²) in [6.07, 6.45) is 2.33. The van der Waals surface area contributed by atoms with E-state index in [0.29, 0.717) is 25.2 Å². The Labute approximate surface area is 129 Å². The molecule has 1 N–H and O–H groups in total. The van der Waals surface area contributed by atoms with E-state index >= 15 is 0 Å². The summed E-state index contributed by atoms with van der Waals surface area (Å²) < 4.78 is 2.70. The number of carboxylic acid groups (broad SMARTS) is 1. The fourth-order valence-electron chi connectivity index (χ4n) is 2.48. The third kappa shape index (κ3) is 2.30. The van der Waals surface area contributed by atoms with E-state index in [1.165, 1.54) is 0 Å². The van der Waals surface area contributed by atoms with Crippen molar-refractivity contribution in [2.24, 2.45) is 5.41 Å². The van der Waals surface area contributed by atoms with Crippen LogP contribution in [0.2, 0.25) is 0 Å². The number of benzene rings is 1. The molecule has 0 radical (unpaired) electrons. The molecule has 0 unspecified atom stereocenters. The number of hydrogen-bond donors (Lipinski definition) is 1. The summed E-state index contributed by atoms with van der Waals surface area (Å²) in [7, 11) is 0. The van der Waals surface area contributed by atoms with Crippen LogP contribution < -0.4 is 0 Å². The Bertz CT molecular complexity index is 651. The molecule has 1 saturated carbocycles. The van der Waals surface area contributed by atoms with Gasteiger partial charge in [0.05, 0.1) is 12.0 Å². The molecule has 0 aliphatic heterocycles. The molecule has 104 valence electrons. The Balaban J connectivity index is 1.93. The molecule has 0 spiro atoms. The van der Waals surface area contributed by atoms with E-state index in [-0.39, 0.29) is 0 Å². The van der Waals surface area contributed by atoms with Gasteiger partial charge in [0.15, 0.2) is 5.82 Å². The van der Waals surface area contributed by atoms with Crippen LogP contribution in [0.15, 0.2) is 24.3 Å². The van der Waals surface area contributed by atoms with Gasteiger partial charge >= 0.3 is 5.97 Å². The Hall–Kier alpha value is -1.51. The molecule has 2 aromatic rings. The van der Waals surface area contributed by atoms with Gasteiger partial charge in [0, 0.05) is 9.13 Å². The number of halogens is 1. The molecule has 0 bridgehead atoms. The van der Waals surface area contributed by atoms with Crippen molar-refractivity contribution in [3.05, 3.63) is 27.8 Å². The van der Waals surface area contributed by atoms with E-state index < -0.39 is 11.4 Å². The molecule has 3 rings (SSSR count). The number of hydrogen-bond acceptors (Lipinski definition) is 4. The number of nitrogens with zero attached hydrogens (tertiary/aromatic N) is 4. The normalized spacial score (nSPS) is 16.6. The Morgan fingerprint density at radius 2 is 2.25 bits per heavy atom. The van der Waals surface area contributed by atoms with Crippen molar-refractivity contribution in [1.29, 1.82) is 0 Å². The first-order valence-corrected chi connectivity index (χ1v) is 7.44. The summed E-state index contributed by atoms with van der Waals surface area (Å²) in [5.41, 5.74) is 0.202. The van der Waals surface area contributed by atoms with Crippen molar-refractivity contribution in [2.75, 3.05) is 0 Å². The van der Waals surface area contributed by atoms with E-state index in [0.717, 1.165) is 15.6 Å². The summed E-state index contributed by atoms with van der Waals surface area (Å²) in [6.45, 7) is 0.330. The maximum atomic E-state index is 11.4. The highest BCUT2D eigenvalue weighted by Gasteiger charge is 2.45. The maximum absolute atomic E-state index is 11.4. The maximum Gasteiger partial charge on any atom is 0.311 e. The minimum absolute atomic E-state index is 0.330. The zero-order valence-corrected chi connectivity index (χ0v) is 12.8. The molecule has 1 heterocycles. The summed E-state index contributed by atoms with van der Waals surface area (Å²) >= 11 is 2.23. The van der Waals surface area contributed by atoms with Crippen LogP contribution in [0.3, 0.4) is 0 Å². The second-order valence-electron chi connectivity index (χ2n) is 5.11. The highest BCUT2D eigenvalue weighted by atomic mass is 127. The number of aromatic nitrogens is 4. The average Bonchev–Trinajstić information content (AvgIpc) is 2.81. The van der Waals surface area contributed by atoms with E-state index in [1.807, 2.05) is 24.3 Å². The summed E-state index contributed by atoms with van der Waals surface area (Å²) in [4.78, 5) is 11.4. The molecular weight excluding hydrogens is 371 g/mol. The van der Waals surface area contributed by atoms with Crippen molar-refractivity contribution in [3.63, 3.8) is 0 Å². The molecule has 7 heteroatoms. The second kappa shape index (κ2) is 5.12. The molecule has 20 heavy (non-hydrogen) atoms. The lowest BCUT2D eigenvalue weighted by molar-refractivity contribution is -0.156. The Morgan fingerprint density at radius 1 is 1.45 bits per heavy atom. The monoisotopic (exact) mass is 384 g/mol. The first-order chi connectivity index (χ1) is 9.61. The van der Waals surface area contributed by atoms with Crippen molar-refractivity contribution >= 4 is 28.6 Å². The molecule has 6 nitrogen and oxygen atoms in total. The molecule has 0 atom stereocenters. The highest BCUT2D eigenvalue weighted by Crippen LogP contribution is 2.43. The van der Waals surface area contributed by atoms with Gasteiger partial charge < -0.3 is 5.11 Å². The quantitative estimate of drug-likeness (QED) is 0.818. The van der Waals surface area contributed by atoms with Crippen LogP contribution in [0.25, 0.3) is 11.4 Å². The van der Waals surface area contributed by atoms with Gasteiger partial charge in [-0.2, -0.15) is 0 Å². The van der Waals surface area contributed by atoms with Crippen LogP contribution >= 0.6 is 22.6 Å². The van der Waals surface area contributed by atoms with E-state index in [2.05, 4.69) is 38.1 Å². The molecule has 1 aromatic carbocycles. The fourth-order valence-corrected chi connectivity index (χ4v) is 3.02. The van der Waals surface area contributed by atoms with Gasteiger partial charge in [-0.15, -0.1) is 5.10 Å². The summed E-state index contributed by atoms with van der Waals surface area (Å²) in [5, 5.41) is 21.1. The molecule has 0 saturated heterocycles. The molecule has 1 aliphatic rings. The van der Waals surface area contributed by atoms with E-state index in [9.17, 15) is 9.90 Å². The Kier molecular flexibility index (Phi) is 3.45. The number of carboxylic acids is 1. The molecule has 1 aromatic heterocycles. The van der Waals surface area contributed by atoms with Crippen LogP contribution in [0.1, 0.15) is 19.3 Å². The van der Waals surface area contributed by atoms with Gasteiger partial charge in [-0.3, -0.25) is 4.79 Å². The van der Waals surface area contributed by atoms with Gasteiger partial charge in [0.2, 0.25) is 0 Å². The van der Waals surface area contributed by atoms with Crippen molar-refractivity contribution < 1.29 is 9.90 Å². The predicted octanol–water partition coefficient (Wildman–Crippen LogP) is 2.20. The molecular formula is C13H13IN4O2. The first kappa shape index (κ1) is 13.5. The smallest absolute Gasteiger partial charge is 0.311 e. The van der Waals surface area contributed by atoms with Crippen LogP contribution in [0, 0.1) is 8.99 Å². The van der Waals surface area contributed by atoms with Crippen molar-refractivity contribution in [3.8, 4) is 11.4 Å². The van der Waals surface area contributed by atoms with Crippen LogP contribution in [-0.4, -0.2) is 31.3 Å². The number of aliphatic carboxylic acids is 1. The third-order valence-corrected chi connectivity index (χ3v) is 4.50. The minimum Gasteiger partial charge on any atom is -0.481 e. The summed E-state index contributed by atoms with van der Waals surface area (Å²) in [6, 6.07) is 7.84. The Morgan fingerprint density at radius 3 is 2.85 bits per heavy atom. The van der Waals surface area contributed by atoms with Gasteiger partial charge in [-0.1, -0.05) is 18.6 Å². The number of tetrazole rings is 1. The van der Waals surface area contributed by atoms with Crippen LogP contribution in [0.5, 0.6) is 0 Å². The predicted molar refractivity (Wildman–Crippen MR) is 79.9 cm³/mol. The third-order valence-electron chi connectivity index (χ3n) is 3.83. The lowest BCUT2D eigenvalue weighted by Crippen LogP contribution is -2.42. The van der Waals surface area contributed by atoms with Gasteiger partial charge in [-0.25, -0.2) is 4.68 Å². The largest absolute Gasteiger partial charge is 0.481 e. The molecule has 0 amide bonds. The number of rotatable bonds is 4. The average molecular weight is 384 g/mol. The first-order valence-electron chi connectivity index (χ1n) is 6.36. The van der Waals surface area contributed by atoms with E-state index in [4.69, 9.17) is 0 Å². The van der Waals surface area contributed by atoms with Crippen molar-refractivity contribution in [2.45, 2.75) is 25.8 Å². The van der Waals surface area contributed by atoms with Gasteiger partial charge in [0.25, 0.3) is 0 Å². The lowest BCUT2D eigenvalue weighted by Gasteiger charge is -2.37. The van der Waals surface area contributed by atoms with E-state index in [1.54, 1.807) is 4.68 Å². The minimum atomic E-state index is -0.757. The SMILES string of the molecule is O=C(O)C1(Cn2nnnc2-c2cccc(I)c2)CCC1. The standard InChI is InChI=1S/C13H13IN4O2/c14-10-4-1-3-9(7-10)11-15-16-17-18(11)8-13(12(19)20)5-2-6-13/h1,3-4,7H,2,5-6,8H2,(H,19,20). The van der Waals surface area contributed by atoms with Crippen LogP contribution in [-0.2, 0) is 11.3 Å². The van der Waals surface area contributed by atoms with Crippen LogP contribution in [0.4, 0.5) is 0 Å². The van der Waals surface area contributed by atoms with Gasteiger partial charge in [-0.05, 0) is 58.0 Å². The lowest BCUT2D eigenvalue weighted by atomic mass is 9.69. The second-order valence-corrected chi connectivity index (χ2v) is 6.36. The zero-order valence-electron chi connectivity index (χ0n) is 10.7. The highest BCUT2D eigenvalue weighted by molar-refractivity contribution is 14.1. The topological polar surface area (TPSA) is 80.9 Å².